The van der Waals surface area contributed by atoms with Gasteiger partial charge in [-0.1, -0.05) is 30.3 Å². The maximum absolute atomic E-state index is 13.9. The molecule has 1 heterocycles. The molecule has 33 heavy (non-hydrogen) atoms. The average Bonchev–Trinajstić information content (AvgIpc) is 3.13. The van der Waals surface area contributed by atoms with Crippen molar-refractivity contribution in [3.8, 4) is 22.5 Å². The number of nitrogens with zero attached hydrogens (tertiary/aromatic N) is 2. The number of carbonyl (C=O) groups is 1. The van der Waals surface area contributed by atoms with Crippen LogP contribution in [0.3, 0.4) is 0 Å². The zero-order valence-corrected chi connectivity index (χ0v) is 17.3. The largest absolute Gasteiger partial charge is 0.481 e. The van der Waals surface area contributed by atoms with Crippen molar-refractivity contribution in [1.82, 2.24) is 9.55 Å². The zero-order chi connectivity index (χ0) is 24.2. The third kappa shape index (κ3) is 6.17. The fourth-order valence-electron chi connectivity index (χ4n) is 3.58. The molecule has 3 N–H and O–H groups in total. The minimum Gasteiger partial charge on any atom is -0.481 e. The maximum Gasteiger partial charge on any atom is 0.449 e. The van der Waals surface area contributed by atoms with Gasteiger partial charge in [0.2, 0.25) is 5.82 Å². The molecule has 1 aromatic heterocycles. The summed E-state index contributed by atoms with van der Waals surface area (Å²) in [7, 11) is 0. The van der Waals surface area contributed by atoms with Gasteiger partial charge in [-0.2, -0.15) is 13.2 Å². The molecule has 0 amide bonds. The summed E-state index contributed by atoms with van der Waals surface area (Å²) in [6.07, 6.45) is -8.48. The lowest BCUT2D eigenvalue weighted by Gasteiger charge is -2.18. The van der Waals surface area contributed by atoms with Gasteiger partial charge < -0.3 is 19.9 Å². The van der Waals surface area contributed by atoms with Crippen LogP contribution in [-0.2, 0) is 17.5 Å². The average molecular weight is 466 g/mol. The molecule has 10 heteroatoms. The van der Waals surface area contributed by atoms with Crippen molar-refractivity contribution in [1.29, 1.82) is 0 Å². The number of aliphatic carboxylic acids is 1. The first-order valence-electron chi connectivity index (χ1n) is 10.1. The molecule has 0 spiro atoms. The second-order valence-electron chi connectivity index (χ2n) is 7.58. The van der Waals surface area contributed by atoms with E-state index in [2.05, 4.69) is 4.98 Å². The van der Waals surface area contributed by atoms with Crippen LogP contribution < -0.4 is 0 Å². The first kappa shape index (κ1) is 24.4. The molecule has 3 aromatic rings. The topological polar surface area (TPSA) is 95.6 Å². The Hall–Kier alpha value is -3.24. The van der Waals surface area contributed by atoms with Crippen LogP contribution in [0.5, 0.6) is 0 Å². The number of aliphatic hydroxyl groups is 2. The Morgan fingerprint density at radius 2 is 1.61 bits per heavy atom. The van der Waals surface area contributed by atoms with Gasteiger partial charge in [-0.3, -0.25) is 4.79 Å². The van der Waals surface area contributed by atoms with Crippen molar-refractivity contribution in [2.45, 2.75) is 44.2 Å². The maximum atomic E-state index is 13.9. The number of rotatable bonds is 9. The van der Waals surface area contributed by atoms with Crippen LogP contribution in [0.25, 0.3) is 22.5 Å². The molecule has 0 aliphatic rings. The van der Waals surface area contributed by atoms with Gasteiger partial charge in [-0.05, 0) is 37.1 Å². The van der Waals surface area contributed by atoms with Crippen molar-refractivity contribution in [2.75, 3.05) is 0 Å². The van der Waals surface area contributed by atoms with Gasteiger partial charge in [-0.25, -0.2) is 9.37 Å². The summed E-state index contributed by atoms with van der Waals surface area (Å²) in [6, 6.07) is 13.2. The molecular weight excluding hydrogens is 444 g/mol. The number of benzene rings is 2. The van der Waals surface area contributed by atoms with Gasteiger partial charge in [0, 0.05) is 17.7 Å². The van der Waals surface area contributed by atoms with Crippen LogP contribution in [0.1, 0.15) is 25.1 Å². The normalized spacial score (nSPS) is 13.6. The highest BCUT2D eigenvalue weighted by Crippen LogP contribution is 2.39. The predicted molar refractivity (Wildman–Crippen MR) is 112 cm³/mol. The molecule has 0 aliphatic heterocycles. The number of aromatic nitrogens is 2. The lowest BCUT2D eigenvalue weighted by molar-refractivity contribution is -0.147. The minimum atomic E-state index is -4.81. The standard InChI is InChI=1S/C23H22F4N2O4/c24-16-8-6-15(7-9-16)21-20(14-4-2-1-3-5-14)28-22(23(25,26)27)29(21)11-10-17(30)12-18(31)13-19(32)33/h1-9,17-18,30-31H,10-13H2,(H,32,33)/t17-,18-/m1/s1. The van der Waals surface area contributed by atoms with E-state index in [1.165, 1.54) is 12.1 Å². The van der Waals surface area contributed by atoms with E-state index in [-0.39, 0.29) is 30.8 Å². The summed E-state index contributed by atoms with van der Waals surface area (Å²) in [5.74, 6) is -2.99. The fraction of sp³-hybridized carbons (Fsp3) is 0.304. The van der Waals surface area contributed by atoms with Crippen LogP contribution in [0.15, 0.2) is 54.6 Å². The summed E-state index contributed by atoms with van der Waals surface area (Å²) >= 11 is 0. The van der Waals surface area contributed by atoms with Crippen molar-refractivity contribution < 1.29 is 37.7 Å². The van der Waals surface area contributed by atoms with E-state index in [9.17, 15) is 32.6 Å². The Balaban J connectivity index is 2.04. The second-order valence-corrected chi connectivity index (χ2v) is 7.58. The molecule has 6 nitrogen and oxygen atoms in total. The smallest absolute Gasteiger partial charge is 0.449 e. The van der Waals surface area contributed by atoms with Crippen LogP contribution in [0, 0.1) is 5.82 Å². The van der Waals surface area contributed by atoms with Crippen LogP contribution in [0.4, 0.5) is 17.6 Å². The molecule has 0 saturated heterocycles. The monoisotopic (exact) mass is 466 g/mol. The first-order chi connectivity index (χ1) is 15.6. The SMILES string of the molecule is O=C(O)C[C@H](O)C[C@H](O)CCn1c(C(F)(F)F)nc(-c2ccccc2)c1-c1ccc(F)cc1. The van der Waals surface area contributed by atoms with Gasteiger partial charge in [0.15, 0.2) is 0 Å². The lowest BCUT2D eigenvalue weighted by Crippen LogP contribution is -2.23. The number of carboxylic acid groups (broad SMARTS) is 1. The van der Waals surface area contributed by atoms with Crippen LogP contribution >= 0.6 is 0 Å². The molecule has 176 valence electrons. The van der Waals surface area contributed by atoms with E-state index < -0.39 is 42.4 Å². The summed E-state index contributed by atoms with van der Waals surface area (Å²) in [4.78, 5) is 14.5. The van der Waals surface area contributed by atoms with E-state index in [1.807, 2.05) is 0 Å². The second kappa shape index (κ2) is 10.1. The summed E-state index contributed by atoms with van der Waals surface area (Å²) in [6.45, 7) is -0.317. The molecule has 0 unspecified atom stereocenters. The molecule has 2 aromatic carbocycles. The Kier molecular flexibility index (Phi) is 7.50. The highest BCUT2D eigenvalue weighted by Gasteiger charge is 2.39. The van der Waals surface area contributed by atoms with E-state index in [0.717, 1.165) is 16.7 Å². The van der Waals surface area contributed by atoms with Gasteiger partial charge in [-0.15, -0.1) is 0 Å². The zero-order valence-electron chi connectivity index (χ0n) is 17.3. The van der Waals surface area contributed by atoms with Gasteiger partial charge in [0.25, 0.3) is 0 Å². The Morgan fingerprint density at radius 1 is 0.970 bits per heavy atom. The summed E-state index contributed by atoms with van der Waals surface area (Å²) in [5, 5.41) is 28.6. The third-order valence-corrected chi connectivity index (χ3v) is 5.03. The molecule has 0 fully saturated rings. The number of carboxylic acids is 1. The molecule has 0 aliphatic carbocycles. The Bertz CT molecular complexity index is 1080. The van der Waals surface area contributed by atoms with E-state index >= 15 is 0 Å². The lowest BCUT2D eigenvalue weighted by atomic mass is 10.0. The summed E-state index contributed by atoms with van der Waals surface area (Å²) < 4.78 is 56.1. The van der Waals surface area contributed by atoms with Crippen LogP contribution in [-0.4, -0.2) is 43.0 Å². The number of hydrogen-bond acceptors (Lipinski definition) is 4. The molecule has 2 atom stereocenters. The van der Waals surface area contributed by atoms with Crippen LogP contribution in [0.2, 0.25) is 0 Å². The van der Waals surface area contributed by atoms with E-state index in [0.29, 0.717) is 11.1 Å². The number of halogens is 4. The summed E-state index contributed by atoms with van der Waals surface area (Å²) in [5.41, 5.74) is 0.888. The number of imidazole rings is 1. The highest BCUT2D eigenvalue weighted by atomic mass is 19.4. The quantitative estimate of drug-likeness (QED) is 0.408. The molecule has 3 rings (SSSR count). The third-order valence-electron chi connectivity index (χ3n) is 5.03. The van der Waals surface area contributed by atoms with Crippen molar-refractivity contribution in [3.05, 3.63) is 66.2 Å². The highest BCUT2D eigenvalue weighted by molar-refractivity contribution is 5.79. The number of aliphatic hydroxyl groups excluding tert-OH is 2. The Labute approximate surface area is 186 Å². The van der Waals surface area contributed by atoms with E-state index in [4.69, 9.17) is 5.11 Å². The molecular formula is C23H22F4N2O4. The van der Waals surface area contributed by atoms with E-state index in [1.54, 1.807) is 30.3 Å². The fourth-order valence-corrected chi connectivity index (χ4v) is 3.58. The van der Waals surface area contributed by atoms with Gasteiger partial charge in [0.05, 0.1) is 30.0 Å². The van der Waals surface area contributed by atoms with Crippen molar-refractivity contribution >= 4 is 5.97 Å². The van der Waals surface area contributed by atoms with Crippen molar-refractivity contribution in [2.24, 2.45) is 0 Å². The Morgan fingerprint density at radius 3 is 2.18 bits per heavy atom. The van der Waals surface area contributed by atoms with Crippen molar-refractivity contribution in [3.63, 3.8) is 0 Å². The minimum absolute atomic E-state index is 0.0509. The first-order valence-corrected chi connectivity index (χ1v) is 10.1. The molecule has 0 bridgehead atoms. The molecule has 0 radical (unpaired) electrons. The van der Waals surface area contributed by atoms with Gasteiger partial charge >= 0.3 is 12.1 Å². The van der Waals surface area contributed by atoms with Gasteiger partial charge in [0.1, 0.15) is 5.82 Å². The molecule has 0 saturated carbocycles. The number of hydrogen-bond donors (Lipinski definition) is 3. The predicted octanol–water partition coefficient (Wildman–Crippen LogP) is 4.35. The number of alkyl halides is 3.